The molecular formula is C36H27N3. The first-order valence-electron chi connectivity index (χ1n) is 13.5. The monoisotopic (exact) mass is 501 g/mol. The highest BCUT2D eigenvalue weighted by Crippen LogP contribution is 2.49. The van der Waals surface area contributed by atoms with Gasteiger partial charge in [0.05, 0.1) is 17.1 Å². The molecule has 39 heavy (non-hydrogen) atoms. The van der Waals surface area contributed by atoms with Crippen molar-refractivity contribution in [3.63, 3.8) is 0 Å². The first kappa shape index (κ1) is 22.0. The summed E-state index contributed by atoms with van der Waals surface area (Å²) in [5, 5.41) is 7.55. The average molecular weight is 502 g/mol. The van der Waals surface area contributed by atoms with E-state index in [2.05, 4.69) is 143 Å². The van der Waals surface area contributed by atoms with E-state index in [0.717, 1.165) is 29.1 Å². The minimum absolute atomic E-state index is 0.381. The lowest BCUT2D eigenvalue weighted by Gasteiger charge is -2.18. The van der Waals surface area contributed by atoms with Crippen LogP contribution in [0.4, 0.5) is 5.69 Å². The molecule has 0 bridgehead atoms. The van der Waals surface area contributed by atoms with Gasteiger partial charge in [0.1, 0.15) is 0 Å². The number of fused-ring (bicyclic) bond motifs is 7. The summed E-state index contributed by atoms with van der Waals surface area (Å²) < 4.78 is 4.81. The third-order valence-electron chi connectivity index (χ3n) is 8.18. The smallest absolute Gasteiger partial charge is 0.0633 e. The molecule has 0 spiro atoms. The summed E-state index contributed by atoms with van der Waals surface area (Å²) in [6, 6.07) is 33.0. The number of allylic oxidation sites excluding steroid dienone is 6. The molecule has 0 saturated carbocycles. The predicted molar refractivity (Wildman–Crippen MR) is 165 cm³/mol. The van der Waals surface area contributed by atoms with E-state index >= 15 is 0 Å². The van der Waals surface area contributed by atoms with Gasteiger partial charge in [0, 0.05) is 56.1 Å². The largest absolute Gasteiger partial charge is 0.355 e. The van der Waals surface area contributed by atoms with E-state index < -0.39 is 0 Å². The summed E-state index contributed by atoms with van der Waals surface area (Å²) in [6.45, 7) is 4.03. The highest BCUT2D eigenvalue weighted by atomic mass is 15.0. The molecule has 2 aromatic heterocycles. The molecule has 6 aromatic rings. The number of anilines is 1. The van der Waals surface area contributed by atoms with Crippen LogP contribution in [-0.4, -0.2) is 9.13 Å². The van der Waals surface area contributed by atoms with E-state index in [1.807, 2.05) is 6.08 Å². The molecule has 3 heterocycles. The lowest BCUT2D eigenvalue weighted by Crippen LogP contribution is -2.05. The second-order valence-electron chi connectivity index (χ2n) is 10.3. The van der Waals surface area contributed by atoms with Gasteiger partial charge < -0.3 is 14.5 Å². The van der Waals surface area contributed by atoms with Crippen LogP contribution in [-0.2, 0) is 0 Å². The fraction of sp³-hybridized carbons (Fsp3) is 0.0556. The van der Waals surface area contributed by atoms with Crippen molar-refractivity contribution in [3.05, 3.63) is 145 Å². The summed E-state index contributed by atoms with van der Waals surface area (Å²) in [6.07, 6.45) is 14.0. The van der Waals surface area contributed by atoms with E-state index in [9.17, 15) is 0 Å². The molecular weight excluding hydrogens is 474 g/mol. The Balaban J connectivity index is 1.26. The number of nitrogens with zero attached hydrogens (tertiary/aromatic N) is 2. The van der Waals surface area contributed by atoms with Crippen molar-refractivity contribution in [2.75, 3.05) is 5.32 Å². The quantitative estimate of drug-likeness (QED) is 0.234. The number of hydrogen-bond donors (Lipinski definition) is 1. The minimum atomic E-state index is 0.381. The van der Waals surface area contributed by atoms with Crippen molar-refractivity contribution in [2.45, 2.75) is 12.5 Å². The Morgan fingerprint density at radius 3 is 2.59 bits per heavy atom. The zero-order valence-electron chi connectivity index (χ0n) is 21.5. The zero-order chi connectivity index (χ0) is 25.9. The summed E-state index contributed by atoms with van der Waals surface area (Å²) in [5.41, 5.74) is 11.0. The van der Waals surface area contributed by atoms with Crippen molar-refractivity contribution < 1.29 is 0 Å². The lowest BCUT2D eigenvalue weighted by molar-refractivity contribution is 0.684. The molecule has 1 aliphatic carbocycles. The van der Waals surface area contributed by atoms with Crippen LogP contribution in [0.2, 0.25) is 0 Å². The molecule has 3 nitrogen and oxygen atoms in total. The lowest BCUT2D eigenvalue weighted by atomic mass is 9.94. The van der Waals surface area contributed by atoms with E-state index in [-0.39, 0.29) is 0 Å². The van der Waals surface area contributed by atoms with Gasteiger partial charge in [0.25, 0.3) is 0 Å². The maximum absolute atomic E-state index is 4.03. The van der Waals surface area contributed by atoms with Gasteiger partial charge in [-0.2, -0.15) is 0 Å². The van der Waals surface area contributed by atoms with Gasteiger partial charge in [-0.05, 0) is 54.5 Å². The van der Waals surface area contributed by atoms with Crippen LogP contribution in [0.25, 0.3) is 49.7 Å². The molecule has 4 aromatic carbocycles. The van der Waals surface area contributed by atoms with Crippen LogP contribution in [0.5, 0.6) is 0 Å². The Morgan fingerprint density at radius 1 is 0.846 bits per heavy atom. The second-order valence-corrected chi connectivity index (χ2v) is 10.3. The molecule has 186 valence electrons. The third-order valence-corrected chi connectivity index (χ3v) is 8.18. The van der Waals surface area contributed by atoms with Gasteiger partial charge in [-0.15, -0.1) is 0 Å². The fourth-order valence-electron chi connectivity index (χ4n) is 6.54. The number of para-hydroxylation sites is 3. The molecule has 0 radical (unpaired) electrons. The van der Waals surface area contributed by atoms with Crippen molar-refractivity contribution in [3.8, 4) is 5.69 Å². The van der Waals surface area contributed by atoms with E-state index in [1.165, 1.54) is 43.8 Å². The Labute approximate surface area is 227 Å². The fourth-order valence-corrected chi connectivity index (χ4v) is 6.54. The minimum Gasteiger partial charge on any atom is -0.355 e. The highest BCUT2D eigenvalue weighted by Gasteiger charge is 2.31. The van der Waals surface area contributed by atoms with E-state index in [4.69, 9.17) is 0 Å². The second kappa shape index (κ2) is 8.50. The number of aromatic nitrogens is 2. The summed E-state index contributed by atoms with van der Waals surface area (Å²) in [7, 11) is 0. The number of hydrogen-bond acceptors (Lipinski definition) is 1. The Morgan fingerprint density at radius 2 is 1.69 bits per heavy atom. The predicted octanol–water partition coefficient (Wildman–Crippen LogP) is 9.28. The van der Waals surface area contributed by atoms with Crippen LogP contribution in [0, 0.1) is 0 Å². The van der Waals surface area contributed by atoms with Gasteiger partial charge in [0.2, 0.25) is 0 Å². The molecule has 3 heteroatoms. The van der Waals surface area contributed by atoms with Crippen molar-refractivity contribution in [1.29, 1.82) is 0 Å². The maximum atomic E-state index is 4.03. The molecule has 1 unspecified atom stereocenters. The van der Waals surface area contributed by atoms with Crippen molar-refractivity contribution in [2.24, 2.45) is 0 Å². The van der Waals surface area contributed by atoms with Crippen LogP contribution in [0.15, 0.2) is 134 Å². The van der Waals surface area contributed by atoms with Gasteiger partial charge in [-0.1, -0.05) is 85.5 Å². The maximum Gasteiger partial charge on any atom is 0.0633 e. The Kier molecular flexibility index (Phi) is 4.80. The van der Waals surface area contributed by atoms with Crippen molar-refractivity contribution in [1.82, 2.24) is 9.13 Å². The zero-order valence-corrected chi connectivity index (χ0v) is 21.5. The molecule has 2 aliphatic rings. The third kappa shape index (κ3) is 3.23. The first-order valence-corrected chi connectivity index (χ1v) is 13.5. The van der Waals surface area contributed by atoms with Gasteiger partial charge >= 0.3 is 0 Å². The molecule has 1 atom stereocenters. The summed E-state index contributed by atoms with van der Waals surface area (Å²) >= 11 is 0. The number of nitrogens with one attached hydrogen (secondary N) is 1. The van der Waals surface area contributed by atoms with Gasteiger partial charge in [-0.25, -0.2) is 0 Å². The molecule has 1 N–H and O–H groups in total. The van der Waals surface area contributed by atoms with E-state index in [0.29, 0.717) is 6.04 Å². The summed E-state index contributed by atoms with van der Waals surface area (Å²) in [4.78, 5) is 0. The first-order chi connectivity index (χ1) is 19.3. The number of rotatable bonds is 5. The Bertz CT molecular complexity index is 2030. The van der Waals surface area contributed by atoms with Gasteiger partial charge in [-0.3, -0.25) is 0 Å². The molecule has 0 fully saturated rings. The summed E-state index contributed by atoms with van der Waals surface area (Å²) in [5.74, 6) is 0. The number of benzene rings is 4. The molecule has 1 aliphatic heterocycles. The molecule has 8 rings (SSSR count). The van der Waals surface area contributed by atoms with Crippen LogP contribution < -0.4 is 5.32 Å². The topological polar surface area (TPSA) is 21.9 Å². The van der Waals surface area contributed by atoms with E-state index in [1.54, 1.807) is 0 Å². The van der Waals surface area contributed by atoms with Gasteiger partial charge in [0.15, 0.2) is 0 Å². The van der Waals surface area contributed by atoms with Crippen LogP contribution in [0.1, 0.15) is 23.6 Å². The SMILES string of the molecule is C=C/C=C(/Nc1ccc2c(c1)c1cccc3c1n2C1CC=CC=C31)c1cn(-c2ccccc2)c2ccccc12. The standard InChI is InChI=1S/C36H27N3/c1-2-11-32(31-23-38(25-12-4-3-5-13-25)33-18-8-6-15-27(31)33)37-24-20-21-35-30(22-24)29-17-10-16-28-26-14-7-9-19-34(26)39(35)36(28)29/h2-18,20-23,34,37H,1,19H2/b32-11+. The average Bonchev–Trinajstić information content (AvgIpc) is 3.65. The molecule has 0 saturated heterocycles. The highest BCUT2D eigenvalue weighted by molar-refractivity contribution is 6.15. The van der Waals surface area contributed by atoms with Crippen LogP contribution in [0.3, 0.4) is 0 Å². The normalized spacial score (nSPS) is 16.2. The van der Waals surface area contributed by atoms with Crippen LogP contribution >= 0.6 is 0 Å². The Hall–Kier alpha value is -5.02. The van der Waals surface area contributed by atoms with Crippen molar-refractivity contribution >= 4 is 49.7 Å². The molecule has 0 amide bonds.